The molecule has 1 fully saturated rings. The van der Waals surface area contributed by atoms with Crippen LogP contribution in [-0.2, 0) is 25.7 Å². The molecule has 1 N–H and O–H groups in total. The molecule has 152 valence electrons. The maximum absolute atomic E-state index is 12.4. The van der Waals surface area contributed by atoms with Gasteiger partial charge in [0.2, 0.25) is 5.91 Å². The standard InChI is InChI=1S/C22H24N2O5/c1-15(21(26)23-18-8-10-19(28-2)11-9-18)29-22(27)17-12-20(25)24(14-17)13-16-6-4-3-5-7-16/h3-11,15,17H,12-14H2,1-2H3,(H,23,26)/t15-,17-/m0/s1. The summed E-state index contributed by atoms with van der Waals surface area (Å²) in [7, 11) is 1.56. The third kappa shape index (κ3) is 5.34. The molecule has 2 aromatic carbocycles. The molecule has 0 aromatic heterocycles. The molecule has 7 heteroatoms. The van der Waals surface area contributed by atoms with E-state index >= 15 is 0 Å². The lowest BCUT2D eigenvalue weighted by Gasteiger charge is -2.18. The summed E-state index contributed by atoms with van der Waals surface area (Å²) < 4.78 is 10.4. The number of amides is 2. The quantitative estimate of drug-likeness (QED) is 0.728. The highest BCUT2D eigenvalue weighted by molar-refractivity contribution is 5.95. The normalized spacial score (nSPS) is 17.0. The van der Waals surface area contributed by atoms with E-state index in [1.165, 1.54) is 6.92 Å². The molecule has 0 bridgehead atoms. The van der Waals surface area contributed by atoms with Crippen LogP contribution in [0, 0.1) is 5.92 Å². The SMILES string of the molecule is COc1ccc(NC(=O)[C@H](C)OC(=O)[C@H]2CC(=O)N(Cc3ccccc3)C2)cc1. The minimum absolute atomic E-state index is 0.0915. The molecular weight excluding hydrogens is 372 g/mol. The van der Waals surface area contributed by atoms with Gasteiger partial charge in [0.1, 0.15) is 5.75 Å². The van der Waals surface area contributed by atoms with Crippen LogP contribution in [0.15, 0.2) is 54.6 Å². The smallest absolute Gasteiger partial charge is 0.312 e. The summed E-state index contributed by atoms with van der Waals surface area (Å²) in [5, 5.41) is 2.69. The second-order valence-electron chi connectivity index (χ2n) is 6.96. The number of methoxy groups -OCH3 is 1. The number of hydrogen-bond donors (Lipinski definition) is 1. The Kier molecular flexibility index (Phi) is 6.49. The predicted molar refractivity (Wildman–Crippen MR) is 107 cm³/mol. The first-order valence-electron chi connectivity index (χ1n) is 9.43. The van der Waals surface area contributed by atoms with E-state index in [1.807, 2.05) is 30.3 Å². The molecule has 0 radical (unpaired) electrons. The van der Waals surface area contributed by atoms with Gasteiger partial charge in [-0.05, 0) is 36.8 Å². The van der Waals surface area contributed by atoms with E-state index in [0.717, 1.165) is 5.56 Å². The fraction of sp³-hybridized carbons (Fsp3) is 0.318. The van der Waals surface area contributed by atoms with Crippen LogP contribution in [-0.4, -0.2) is 42.4 Å². The Morgan fingerprint density at radius 1 is 1.14 bits per heavy atom. The maximum atomic E-state index is 12.4. The van der Waals surface area contributed by atoms with Crippen LogP contribution in [0.4, 0.5) is 5.69 Å². The Morgan fingerprint density at radius 2 is 1.83 bits per heavy atom. The topological polar surface area (TPSA) is 84.9 Å². The molecule has 0 aliphatic carbocycles. The van der Waals surface area contributed by atoms with Crippen molar-refractivity contribution in [2.45, 2.75) is 26.0 Å². The molecule has 7 nitrogen and oxygen atoms in total. The summed E-state index contributed by atoms with van der Waals surface area (Å²) in [6.07, 6.45) is -0.874. The van der Waals surface area contributed by atoms with Gasteiger partial charge in [-0.25, -0.2) is 0 Å². The van der Waals surface area contributed by atoms with Gasteiger partial charge in [0.15, 0.2) is 6.10 Å². The molecule has 0 saturated carbocycles. The van der Waals surface area contributed by atoms with Crippen molar-refractivity contribution in [3.05, 3.63) is 60.2 Å². The number of ether oxygens (including phenoxy) is 2. The number of benzene rings is 2. The lowest BCUT2D eigenvalue weighted by molar-refractivity contribution is -0.157. The number of esters is 1. The van der Waals surface area contributed by atoms with Crippen molar-refractivity contribution in [1.82, 2.24) is 4.90 Å². The Bertz CT molecular complexity index is 867. The molecule has 2 atom stereocenters. The van der Waals surface area contributed by atoms with Gasteiger partial charge in [-0.1, -0.05) is 30.3 Å². The van der Waals surface area contributed by atoms with Crippen LogP contribution in [0.1, 0.15) is 18.9 Å². The summed E-state index contributed by atoms with van der Waals surface area (Å²) in [5.41, 5.74) is 1.57. The van der Waals surface area contributed by atoms with Crippen LogP contribution < -0.4 is 10.1 Å². The fourth-order valence-electron chi connectivity index (χ4n) is 3.13. The molecule has 29 heavy (non-hydrogen) atoms. The molecule has 1 saturated heterocycles. The van der Waals surface area contributed by atoms with Crippen molar-refractivity contribution in [2.24, 2.45) is 5.92 Å². The van der Waals surface area contributed by atoms with E-state index in [4.69, 9.17) is 9.47 Å². The average Bonchev–Trinajstić information content (AvgIpc) is 3.09. The zero-order valence-corrected chi connectivity index (χ0v) is 16.5. The van der Waals surface area contributed by atoms with Gasteiger partial charge in [-0.15, -0.1) is 0 Å². The predicted octanol–water partition coefficient (Wildman–Crippen LogP) is 2.61. The number of rotatable bonds is 7. The first-order chi connectivity index (χ1) is 14.0. The van der Waals surface area contributed by atoms with E-state index < -0.39 is 23.9 Å². The van der Waals surface area contributed by atoms with E-state index in [2.05, 4.69) is 5.32 Å². The zero-order valence-electron chi connectivity index (χ0n) is 16.5. The summed E-state index contributed by atoms with van der Waals surface area (Å²) in [5.74, 6) is -0.956. The van der Waals surface area contributed by atoms with Gasteiger partial charge >= 0.3 is 5.97 Å². The number of nitrogens with zero attached hydrogens (tertiary/aromatic N) is 1. The van der Waals surface area contributed by atoms with Crippen LogP contribution in [0.5, 0.6) is 5.75 Å². The highest BCUT2D eigenvalue weighted by Gasteiger charge is 2.36. The number of nitrogens with one attached hydrogen (secondary N) is 1. The van der Waals surface area contributed by atoms with Crippen LogP contribution in [0.2, 0.25) is 0 Å². The third-order valence-corrected chi connectivity index (χ3v) is 4.78. The van der Waals surface area contributed by atoms with Crippen molar-refractivity contribution in [1.29, 1.82) is 0 Å². The van der Waals surface area contributed by atoms with Gasteiger partial charge in [0, 0.05) is 25.2 Å². The second kappa shape index (κ2) is 9.23. The highest BCUT2D eigenvalue weighted by Crippen LogP contribution is 2.22. The van der Waals surface area contributed by atoms with Gasteiger partial charge in [-0.3, -0.25) is 14.4 Å². The van der Waals surface area contributed by atoms with Crippen molar-refractivity contribution in [2.75, 3.05) is 19.0 Å². The van der Waals surface area contributed by atoms with Gasteiger partial charge in [0.05, 0.1) is 13.0 Å². The summed E-state index contributed by atoms with van der Waals surface area (Å²) in [6, 6.07) is 16.4. The number of carbonyl (C=O) groups excluding carboxylic acids is 3. The molecule has 0 unspecified atom stereocenters. The lowest BCUT2D eigenvalue weighted by atomic mass is 10.1. The molecule has 1 aliphatic heterocycles. The number of hydrogen-bond acceptors (Lipinski definition) is 5. The Balaban J connectivity index is 1.51. The molecule has 0 spiro atoms. The molecule has 1 aliphatic rings. The summed E-state index contributed by atoms with van der Waals surface area (Å²) in [6.45, 7) is 2.26. The van der Waals surface area contributed by atoms with Gasteiger partial charge in [0.25, 0.3) is 5.91 Å². The fourth-order valence-corrected chi connectivity index (χ4v) is 3.13. The zero-order chi connectivity index (χ0) is 20.8. The molecular formula is C22H24N2O5. The molecule has 1 heterocycles. The number of anilines is 1. The number of likely N-dealkylation sites (tertiary alicyclic amines) is 1. The van der Waals surface area contributed by atoms with Crippen molar-refractivity contribution in [3.63, 3.8) is 0 Å². The van der Waals surface area contributed by atoms with Crippen molar-refractivity contribution < 1.29 is 23.9 Å². The summed E-state index contributed by atoms with van der Waals surface area (Å²) in [4.78, 5) is 38.6. The summed E-state index contributed by atoms with van der Waals surface area (Å²) >= 11 is 0. The Morgan fingerprint density at radius 3 is 2.48 bits per heavy atom. The van der Waals surface area contributed by atoms with E-state index in [9.17, 15) is 14.4 Å². The third-order valence-electron chi connectivity index (χ3n) is 4.78. The molecule has 3 rings (SSSR count). The minimum Gasteiger partial charge on any atom is -0.497 e. The first-order valence-corrected chi connectivity index (χ1v) is 9.43. The van der Waals surface area contributed by atoms with E-state index in [0.29, 0.717) is 24.5 Å². The Hall–Kier alpha value is -3.35. The van der Waals surface area contributed by atoms with Crippen LogP contribution in [0.25, 0.3) is 0 Å². The van der Waals surface area contributed by atoms with Gasteiger partial charge < -0.3 is 19.7 Å². The van der Waals surface area contributed by atoms with Crippen LogP contribution >= 0.6 is 0 Å². The molecule has 2 aromatic rings. The van der Waals surface area contributed by atoms with E-state index in [-0.39, 0.29) is 12.3 Å². The maximum Gasteiger partial charge on any atom is 0.312 e. The largest absolute Gasteiger partial charge is 0.497 e. The Labute approximate surface area is 169 Å². The molecule has 2 amide bonds. The highest BCUT2D eigenvalue weighted by atomic mass is 16.5. The van der Waals surface area contributed by atoms with E-state index in [1.54, 1.807) is 36.3 Å². The monoisotopic (exact) mass is 396 g/mol. The van der Waals surface area contributed by atoms with Gasteiger partial charge in [-0.2, -0.15) is 0 Å². The second-order valence-corrected chi connectivity index (χ2v) is 6.96. The minimum atomic E-state index is -0.970. The van der Waals surface area contributed by atoms with Crippen molar-refractivity contribution in [3.8, 4) is 5.75 Å². The van der Waals surface area contributed by atoms with Crippen molar-refractivity contribution >= 4 is 23.5 Å². The average molecular weight is 396 g/mol. The first kappa shape index (κ1) is 20.4. The number of carbonyl (C=O) groups is 3. The lowest BCUT2D eigenvalue weighted by Crippen LogP contribution is -2.33. The van der Waals surface area contributed by atoms with Crippen LogP contribution in [0.3, 0.4) is 0 Å².